The van der Waals surface area contributed by atoms with Gasteiger partial charge in [0.25, 0.3) is 0 Å². The lowest BCUT2D eigenvalue weighted by Crippen LogP contribution is -2.11. The van der Waals surface area contributed by atoms with E-state index in [1.54, 1.807) is 6.07 Å². The molecule has 1 amide bonds. The molecule has 3 heteroatoms. The summed E-state index contributed by atoms with van der Waals surface area (Å²) >= 11 is 5.59. The molecule has 0 atom stereocenters. The molecule has 1 radical (unpaired) electrons. The normalized spacial score (nSPS) is 9.30. The number of carbonyl (C=O) groups is 1. The van der Waals surface area contributed by atoms with Gasteiger partial charge in [-0.3, -0.25) is 4.79 Å². The number of hydrogen-bond donors (Lipinski definition) is 1. The van der Waals surface area contributed by atoms with Gasteiger partial charge < -0.3 is 5.73 Å². The number of amides is 1. The lowest BCUT2D eigenvalue weighted by atomic mass is 10.2. The van der Waals surface area contributed by atoms with Gasteiger partial charge in [0.2, 0.25) is 5.91 Å². The van der Waals surface area contributed by atoms with E-state index in [2.05, 4.69) is 6.07 Å². The van der Waals surface area contributed by atoms with E-state index < -0.39 is 5.91 Å². The van der Waals surface area contributed by atoms with E-state index in [1.807, 2.05) is 0 Å². The summed E-state index contributed by atoms with van der Waals surface area (Å²) in [5.74, 6) is -0.515. The summed E-state index contributed by atoms with van der Waals surface area (Å²) in [5.41, 5.74) is 5.31. The van der Waals surface area contributed by atoms with Crippen LogP contribution in [-0.2, 0) is 0 Å². The number of hydrogen-bond acceptors (Lipinski definition) is 1. The molecule has 1 aromatic rings. The zero-order valence-corrected chi connectivity index (χ0v) is 5.85. The summed E-state index contributed by atoms with van der Waals surface area (Å²) in [7, 11) is 0. The quantitative estimate of drug-likeness (QED) is 0.650. The molecule has 0 saturated heterocycles. The van der Waals surface area contributed by atoms with E-state index >= 15 is 0 Å². The molecule has 0 aromatic heterocycles. The van der Waals surface area contributed by atoms with Crippen LogP contribution in [0.2, 0.25) is 5.02 Å². The third kappa shape index (κ3) is 1.28. The molecule has 10 heavy (non-hydrogen) atoms. The maximum absolute atomic E-state index is 10.5. The van der Waals surface area contributed by atoms with Crippen molar-refractivity contribution in [2.75, 3.05) is 0 Å². The molecular formula is C7H5ClNO. The van der Waals surface area contributed by atoms with E-state index in [4.69, 9.17) is 17.3 Å². The maximum atomic E-state index is 10.5. The van der Waals surface area contributed by atoms with Gasteiger partial charge >= 0.3 is 0 Å². The van der Waals surface area contributed by atoms with Crippen LogP contribution < -0.4 is 5.73 Å². The molecule has 0 bridgehead atoms. The van der Waals surface area contributed by atoms with Gasteiger partial charge in [-0.05, 0) is 18.2 Å². The summed E-state index contributed by atoms with van der Waals surface area (Å²) in [4.78, 5) is 10.5. The minimum absolute atomic E-state index is 0.334. The third-order valence-corrected chi connectivity index (χ3v) is 1.39. The fraction of sp³-hybridized carbons (Fsp3) is 0. The van der Waals surface area contributed by atoms with Crippen LogP contribution >= 0.6 is 11.6 Å². The standard InChI is InChI=1S/C7H5ClNO/c8-6-4-2-1-3-5(6)7(9)10/h1,3-4H,(H2,9,10). The van der Waals surface area contributed by atoms with E-state index in [1.165, 1.54) is 12.1 Å². The second kappa shape index (κ2) is 2.71. The number of rotatable bonds is 1. The number of benzene rings is 1. The van der Waals surface area contributed by atoms with Crippen LogP contribution in [-0.4, -0.2) is 5.91 Å². The highest BCUT2D eigenvalue weighted by Crippen LogP contribution is 2.12. The van der Waals surface area contributed by atoms with Gasteiger partial charge in [-0.25, -0.2) is 0 Å². The minimum atomic E-state index is -0.515. The molecule has 2 nitrogen and oxygen atoms in total. The summed E-state index contributed by atoms with van der Waals surface area (Å²) < 4.78 is 0. The van der Waals surface area contributed by atoms with Gasteiger partial charge in [-0.2, -0.15) is 0 Å². The predicted molar refractivity (Wildman–Crippen MR) is 38.8 cm³/mol. The van der Waals surface area contributed by atoms with Crippen molar-refractivity contribution in [1.82, 2.24) is 0 Å². The summed E-state index contributed by atoms with van der Waals surface area (Å²) in [5, 5.41) is 0.343. The van der Waals surface area contributed by atoms with Crippen LogP contribution in [0.4, 0.5) is 0 Å². The first-order valence-electron chi connectivity index (χ1n) is 2.67. The summed E-state index contributed by atoms with van der Waals surface area (Å²) in [6.07, 6.45) is 0. The maximum Gasteiger partial charge on any atom is 0.250 e. The predicted octanol–water partition coefficient (Wildman–Crippen LogP) is 1.24. The molecule has 0 aliphatic rings. The first-order valence-corrected chi connectivity index (χ1v) is 3.05. The fourth-order valence-corrected chi connectivity index (χ4v) is 0.829. The van der Waals surface area contributed by atoms with Crippen molar-refractivity contribution < 1.29 is 4.79 Å². The zero-order chi connectivity index (χ0) is 7.56. The highest BCUT2D eigenvalue weighted by molar-refractivity contribution is 6.33. The van der Waals surface area contributed by atoms with Crippen LogP contribution in [0.25, 0.3) is 0 Å². The van der Waals surface area contributed by atoms with E-state index in [9.17, 15) is 4.79 Å². The van der Waals surface area contributed by atoms with Crippen molar-refractivity contribution in [3.8, 4) is 0 Å². The highest BCUT2D eigenvalue weighted by atomic mass is 35.5. The van der Waals surface area contributed by atoms with Crippen molar-refractivity contribution >= 4 is 17.5 Å². The lowest BCUT2D eigenvalue weighted by Gasteiger charge is -1.95. The van der Waals surface area contributed by atoms with Crippen LogP contribution in [0, 0.1) is 6.07 Å². The Morgan fingerprint density at radius 2 is 2.40 bits per heavy atom. The van der Waals surface area contributed by atoms with Gasteiger partial charge in [-0.15, -0.1) is 0 Å². The molecule has 0 spiro atoms. The molecule has 2 N–H and O–H groups in total. The third-order valence-electron chi connectivity index (χ3n) is 1.08. The Labute approximate surface area is 63.6 Å². The molecule has 0 fully saturated rings. The molecule has 0 heterocycles. The van der Waals surface area contributed by atoms with Gasteiger partial charge in [0, 0.05) is 0 Å². The SMILES string of the molecule is NC(=O)c1cc[c]cc1Cl. The van der Waals surface area contributed by atoms with Crippen molar-refractivity contribution in [2.24, 2.45) is 5.73 Å². The van der Waals surface area contributed by atoms with Crippen molar-refractivity contribution in [1.29, 1.82) is 0 Å². The lowest BCUT2D eigenvalue weighted by molar-refractivity contribution is 0.100. The molecule has 51 valence electrons. The van der Waals surface area contributed by atoms with Crippen molar-refractivity contribution in [2.45, 2.75) is 0 Å². The van der Waals surface area contributed by atoms with Crippen LogP contribution in [0.1, 0.15) is 10.4 Å². The Morgan fingerprint density at radius 1 is 1.70 bits per heavy atom. The molecule has 0 unspecified atom stereocenters. The second-order valence-corrected chi connectivity index (χ2v) is 2.18. The summed E-state index contributed by atoms with van der Waals surface area (Å²) in [6, 6.07) is 7.34. The molecule has 0 aliphatic carbocycles. The van der Waals surface area contributed by atoms with E-state index in [0.717, 1.165) is 0 Å². The molecule has 1 aromatic carbocycles. The zero-order valence-electron chi connectivity index (χ0n) is 5.10. The van der Waals surface area contributed by atoms with Gasteiger partial charge in [0.1, 0.15) is 0 Å². The van der Waals surface area contributed by atoms with Crippen molar-refractivity contribution in [3.63, 3.8) is 0 Å². The Balaban J connectivity index is 3.15. The first kappa shape index (κ1) is 7.09. The Hall–Kier alpha value is -1.02. The molecule has 0 aliphatic heterocycles. The molecule has 0 saturated carbocycles. The highest BCUT2D eigenvalue weighted by Gasteiger charge is 2.02. The van der Waals surface area contributed by atoms with Crippen LogP contribution in [0.3, 0.4) is 0 Å². The minimum Gasteiger partial charge on any atom is -0.366 e. The topological polar surface area (TPSA) is 43.1 Å². The number of primary amides is 1. The number of halogens is 1. The van der Waals surface area contributed by atoms with E-state index in [0.29, 0.717) is 10.6 Å². The summed E-state index contributed by atoms with van der Waals surface area (Å²) in [6.45, 7) is 0. The second-order valence-electron chi connectivity index (χ2n) is 1.77. The fourth-order valence-electron chi connectivity index (χ4n) is 0.610. The average molecular weight is 155 g/mol. The first-order chi connectivity index (χ1) is 4.72. The van der Waals surface area contributed by atoms with Gasteiger partial charge in [-0.1, -0.05) is 17.7 Å². The number of nitrogens with two attached hydrogens (primary N) is 1. The van der Waals surface area contributed by atoms with Gasteiger partial charge in [0.15, 0.2) is 0 Å². The molecular weight excluding hydrogens is 150 g/mol. The Kier molecular flexibility index (Phi) is 1.92. The average Bonchev–Trinajstić information content (AvgIpc) is 1.88. The van der Waals surface area contributed by atoms with E-state index in [-0.39, 0.29) is 0 Å². The largest absolute Gasteiger partial charge is 0.366 e. The van der Waals surface area contributed by atoms with Crippen LogP contribution in [0.15, 0.2) is 18.2 Å². The Morgan fingerprint density at radius 3 is 2.80 bits per heavy atom. The van der Waals surface area contributed by atoms with Gasteiger partial charge in [0.05, 0.1) is 10.6 Å². The van der Waals surface area contributed by atoms with Crippen LogP contribution in [0.5, 0.6) is 0 Å². The van der Waals surface area contributed by atoms with Crippen molar-refractivity contribution in [3.05, 3.63) is 34.9 Å². The molecule has 1 rings (SSSR count). The smallest absolute Gasteiger partial charge is 0.250 e. The Bertz CT molecular complexity index is 260. The number of carbonyl (C=O) groups excluding carboxylic acids is 1. The monoisotopic (exact) mass is 154 g/mol.